The zero-order chi connectivity index (χ0) is 22.7. The van der Waals surface area contributed by atoms with E-state index in [1.165, 1.54) is 27.8 Å². The number of hydrogen-bond donors (Lipinski definition) is 2. The molecule has 4 rings (SSSR count). The van der Waals surface area contributed by atoms with Crippen molar-refractivity contribution < 1.29 is 9.59 Å². The highest BCUT2D eigenvalue weighted by molar-refractivity contribution is 5.93. The molecule has 1 amide bonds. The van der Waals surface area contributed by atoms with Gasteiger partial charge in [-0.25, -0.2) is 0 Å². The van der Waals surface area contributed by atoms with Crippen molar-refractivity contribution in [1.29, 1.82) is 0 Å². The summed E-state index contributed by atoms with van der Waals surface area (Å²) in [5.41, 5.74) is 21.1. The monoisotopic (exact) mass is 424 g/mol. The van der Waals surface area contributed by atoms with Crippen molar-refractivity contribution in [3.05, 3.63) is 99.6 Å². The lowest BCUT2D eigenvalue weighted by Gasteiger charge is -2.15. The number of carbonyl (C=O) groups excluding carboxylic acids is 2. The first-order valence-corrected chi connectivity index (χ1v) is 11.0. The summed E-state index contributed by atoms with van der Waals surface area (Å²) in [6, 6.07) is 18.4. The molecule has 4 heteroatoms. The number of benzene rings is 3. The molecule has 162 valence electrons. The van der Waals surface area contributed by atoms with Crippen molar-refractivity contribution in [2.24, 2.45) is 11.5 Å². The Morgan fingerprint density at radius 3 is 2.53 bits per heavy atom. The maximum atomic E-state index is 11.8. The number of Topliss-reactive ketones (excluding diaryl/α,β-unsaturated/α-hetero) is 1. The smallest absolute Gasteiger partial charge is 0.248 e. The average molecular weight is 425 g/mol. The van der Waals surface area contributed by atoms with E-state index in [4.69, 9.17) is 11.5 Å². The molecule has 0 aromatic heterocycles. The molecular weight excluding hydrogens is 396 g/mol. The van der Waals surface area contributed by atoms with Gasteiger partial charge in [0.25, 0.3) is 0 Å². The van der Waals surface area contributed by atoms with Crippen molar-refractivity contribution in [2.45, 2.75) is 39.2 Å². The number of aryl methyl sites for hydroxylation is 2. The highest BCUT2D eigenvalue weighted by Gasteiger charge is 2.15. The highest BCUT2D eigenvalue weighted by atomic mass is 16.1. The SMILES string of the molecule is CC(=O)Cc1cc(C(N)=O)ccc1CCc1cc2c(c(-c3cccc(CN)c3)c1)CC=C2. The van der Waals surface area contributed by atoms with Crippen LogP contribution in [-0.4, -0.2) is 11.7 Å². The van der Waals surface area contributed by atoms with E-state index in [2.05, 4.69) is 48.6 Å². The van der Waals surface area contributed by atoms with Crippen LogP contribution in [0.25, 0.3) is 17.2 Å². The quantitative estimate of drug-likeness (QED) is 0.562. The number of amides is 1. The van der Waals surface area contributed by atoms with E-state index >= 15 is 0 Å². The van der Waals surface area contributed by atoms with Crippen molar-refractivity contribution in [2.75, 3.05) is 0 Å². The maximum Gasteiger partial charge on any atom is 0.248 e. The van der Waals surface area contributed by atoms with Crippen LogP contribution >= 0.6 is 0 Å². The van der Waals surface area contributed by atoms with Crippen LogP contribution in [0.5, 0.6) is 0 Å². The fraction of sp³-hybridized carbons (Fsp3) is 0.214. The predicted octanol–water partition coefficient (Wildman–Crippen LogP) is 4.40. The summed E-state index contributed by atoms with van der Waals surface area (Å²) in [6.07, 6.45) is 7.27. The summed E-state index contributed by atoms with van der Waals surface area (Å²) >= 11 is 0. The van der Waals surface area contributed by atoms with Gasteiger partial charge in [0.05, 0.1) is 0 Å². The highest BCUT2D eigenvalue weighted by Crippen LogP contribution is 2.33. The number of primary amides is 1. The minimum atomic E-state index is -0.476. The Kier molecular flexibility index (Phi) is 6.33. The number of rotatable bonds is 8. The topological polar surface area (TPSA) is 86.2 Å². The van der Waals surface area contributed by atoms with Gasteiger partial charge in [-0.15, -0.1) is 0 Å². The predicted molar refractivity (Wildman–Crippen MR) is 129 cm³/mol. The normalized spacial score (nSPS) is 12.1. The van der Waals surface area contributed by atoms with Gasteiger partial charge in [-0.3, -0.25) is 9.59 Å². The van der Waals surface area contributed by atoms with Gasteiger partial charge in [0.15, 0.2) is 0 Å². The fourth-order valence-electron chi connectivity index (χ4n) is 4.44. The van der Waals surface area contributed by atoms with E-state index in [1.807, 2.05) is 6.07 Å². The number of fused-ring (bicyclic) bond motifs is 1. The Labute approximate surface area is 189 Å². The Bertz CT molecular complexity index is 1220. The average Bonchev–Trinajstić information content (AvgIpc) is 3.26. The van der Waals surface area contributed by atoms with Gasteiger partial charge >= 0.3 is 0 Å². The lowest BCUT2D eigenvalue weighted by Crippen LogP contribution is -2.13. The van der Waals surface area contributed by atoms with Crippen molar-refractivity contribution in [3.63, 3.8) is 0 Å². The van der Waals surface area contributed by atoms with Crippen molar-refractivity contribution >= 4 is 17.8 Å². The molecule has 3 aromatic carbocycles. The second-order valence-corrected chi connectivity index (χ2v) is 8.45. The molecule has 3 aromatic rings. The summed E-state index contributed by atoms with van der Waals surface area (Å²) in [6.45, 7) is 2.09. The lowest BCUT2D eigenvalue weighted by atomic mass is 9.90. The number of carbonyl (C=O) groups is 2. The Morgan fingerprint density at radius 2 is 1.78 bits per heavy atom. The van der Waals surface area contributed by atoms with Crippen LogP contribution in [0.3, 0.4) is 0 Å². The molecular formula is C28H28N2O2. The third kappa shape index (κ3) is 4.71. The number of hydrogen-bond acceptors (Lipinski definition) is 3. The van der Waals surface area contributed by atoms with Gasteiger partial charge < -0.3 is 11.5 Å². The molecule has 4 N–H and O–H groups in total. The van der Waals surface area contributed by atoms with Crippen LogP contribution in [0.1, 0.15) is 50.7 Å². The maximum absolute atomic E-state index is 11.8. The fourth-order valence-corrected chi connectivity index (χ4v) is 4.44. The summed E-state index contributed by atoms with van der Waals surface area (Å²) in [5, 5.41) is 0. The van der Waals surface area contributed by atoms with Crippen LogP contribution in [0, 0.1) is 0 Å². The number of nitrogens with two attached hydrogens (primary N) is 2. The Hall–Kier alpha value is -3.50. The first-order chi connectivity index (χ1) is 15.4. The zero-order valence-electron chi connectivity index (χ0n) is 18.4. The van der Waals surface area contributed by atoms with Gasteiger partial charge in [-0.2, -0.15) is 0 Å². The van der Waals surface area contributed by atoms with E-state index in [0.29, 0.717) is 18.5 Å². The van der Waals surface area contributed by atoms with Gasteiger partial charge in [-0.1, -0.05) is 48.6 Å². The lowest BCUT2D eigenvalue weighted by molar-refractivity contribution is -0.116. The molecule has 32 heavy (non-hydrogen) atoms. The Morgan fingerprint density at radius 1 is 0.938 bits per heavy atom. The van der Waals surface area contributed by atoms with E-state index in [1.54, 1.807) is 19.1 Å². The van der Waals surface area contributed by atoms with E-state index < -0.39 is 5.91 Å². The van der Waals surface area contributed by atoms with E-state index in [0.717, 1.165) is 36.0 Å². The molecule has 0 radical (unpaired) electrons. The molecule has 1 aliphatic rings. The number of allylic oxidation sites excluding steroid dienone is 1. The molecule has 0 saturated heterocycles. The molecule has 0 fully saturated rings. The van der Waals surface area contributed by atoms with Crippen molar-refractivity contribution in [1.82, 2.24) is 0 Å². The van der Waals surface area contributed by atoms with Crippen molar-refractivity contribution in [3.8, 4) is 11.1 Å². The molecule has 0 heterocycles. The summed E-state index contributed by atoms with van der Waals surface area (Å²) < 4.78 is 0. The first-order valence-electron chi connectivity index (χ1n) is 11.0. The summed E-state index contributed by atoms with van der Waals surface area (Å²) in [7, 11) is 0. The van der Waals surface area contributed by atoms with Crippen LogP contribution < -0.4 is 11.5 Å². The minimum Gasteiger partial charge on any atom is -0.366 e. The summed E-state index contributed by atoms with van der Waals surface area (Å²) in [4.78, 5) is 23.3. The van der Waals surface area contributed by atoms with Gasteiger partial charge in [0.2, 0.25) is 5.91 Å². The van der Waals surface area contributed by atoms with Crippen LogP contribution in [0.4, 0.5) is 0 Å². The minimum absolute atomic E-state index is 0.0672. The molecule has 1 aliphatic carbocycles. The molecule has 0 unspecified atom stereocenters. The van der Waals surface area contributed by atoms with Crippen LogP contribution in [0.15, 0.2) is 60.7 Å². The van der Waals surface area contributed by atoms with Crippen LogP contribution in [0.2, 0.25) is 0 Å². The molecule has 0 aliphatic heterocycles. The van der Waals surface area contributed by atoms with E-state index in [9.17, 15) is 9.59 Å². The number of ketones is 1. The van der Waals surface area contributed by atoms with E-state index in [-0.39, 0.29) is 5.78 Å². The first kappa shape index (κ1) is 21.7. The zero-order valence-corrected chi connectivity index (χ0v) is 18.4. The molecule has 0 saturated carbocycles. The second kappa shape index (κ2) is 9.33. The third-order valence-electron chi connectivity index (χ3n) is 6.05. The largest absolute Gasteiger partial charge is 0.366 e. The van der Waals surface area contributed by atoms with Gasteiger partial charge in [-0.05, 0) is 88.9 Å². The summed E-state index contributed by atoms with van der Waals surface area (Å²) in [5.74, 6) is -0.409. The molecule has 0 atom stereocenters. The molecule has 4 nitrogen and oxygen atoms in total. The molecule has 0 bridgehead atoms. The Balaban J connectivity index is 1.65. The van der Waals surface area contributed by atoms with Gasteiger partial charge in [0.1, 0.15) is 5.78 Å². The molecule has 0 spiro atoms. The standard InChI is InChI=1S/C28H28N2O2/c1-18(31)12-25-16-24(28(30)32)11-10-21(25)9-8-19-13-22-6-3-7-26(22)27(15-19)23-5-2-4-20(14-23)17-29/h2-6,10-11,13-16H,7-9,12,17,29H2,1H3,(H2,30,32). The third-order valence-corrected chi connectivity index (χ3v) is 6.05. The van der Waals surface area contributed by atoms with Gasteiger partial charge in [0, 0.05) is 18.5 Å². The van der Waals surface area contributed by atoms with Crippen LogP contribution in [-0.2, 0) is 37.0 Å². The second-order valence-electron chi connectivity index (χ2n) is 8.45.